The van der Waals surface area contributed by atoms with Crippen molar-refractivity contribution in [2.75, 3.05) is 11.9 Å². The van der Waals surface area contributed by atoms with Crippen molar-refractivity contribution in [2.45, 2.75) is 33.6 Å². The number of rotatable bonds is 4. The van der Waals surface area contributed by atoms with Crippen LogP contribution in [0.4, 0.5) is 5.69 Å². The number of hydrogen-bond donors (Lipinski definition) is 2. The smallest absolute Gasteiger partial charge is 0.221 e. The number of nitriles is 1. The van der Waals surface area contributed by atoms with Crippen molar-refractivity contribution in [2.24, 2.45) is 0 Å². The van der Waals surface area contributed by atoms with E-state index in [1.165, 1.54) is 6.92 Å². The molecule has 0 fully saturated rings. The summed E-state index contributed by atoms with van der Waals surface area (Å²) in [6.45, 7) is 7.46. The number of pyridine rings is 1. The Morgan fingerprint density at radius 2 is 2.13 bits per heavy atom. The fourth-order valence-electron chi connectivity index (χ4n) is 2.44. The minimum absolute atomic E-state index is 0.00677. The Morgan fingerprint density at radius 1 is 1.43 bits per heavy atom. The van der Waals surface area contributed by atoms with E-state index < -0.39 is 0 Å². The second-order valence-corrected chi connectivity index (χ2v) is 5.52. The molecule has 0 aliphatic rings. The first-order valence-electron chi connectivity index (χ1n) is 7.43. The van der Waals surface area contributed by atoms with E-state index in [1.54, 1.807) is 12.1 Å². The molecular weight excluding hydrogens is 294 g/mol. The van der Waals surface area contributed by atoms with Crippen molar-refractivity contribution in [1.82, 2.24) is 4.98 Å². The number of benzene rings is 1. The van der Waals surface area contributed by atoms with Gasteiger partial charge in [-0.1, -0.05) is 13.8 Å². The van der Waals surface area contributed by atoms with E-state index in [9.17, 15) is 14.9 Å². The molecule has 1 heterocycles. The third-order valence-electron chi connectivity index (χ3n) is 3.43. The van der Waals surface area contributed by atoms with Crippen molar-refractivity contribution < 1.29 is 9.53 Å². The molecule has 2 N–H and O–H groups in total. The second kappa shape index (κ2) is 6.53. The monoisotopic (exact) mass is 313 g/mol. The minimum atomic E-state index is -0.348. The van der Waals surface area contributed by atoms with Crippen molar-refractivity contribution in [3.63, 3.8) is 0 Å². The zero-order chi connectivity index (χ0) is 17.1. The van der Waals surface area contributed by atoms with Gasteiger partial charge in [0.15, 0.2) is 0 Å². The van der Waals surface area contributed by atoms with Crippen LogP contribution < -0.4 is 15.5 Å². The van der Waals surface area contributed by atoms with E-state index >= 15 is 0 Å². The Labute approximate surface area is 134 Å². The average Bonchev–Trinajstić information content (AvgIpc) is 2.48. The largest absolute Gasteiger partial charge is 0.492 e. The number of carbonyl (C=O) groups is 1. The minimum Gasteiger partial charge on any atom is -0.492 e. The number of anilines is 1. The molecule has 2 aromatic rings. The van der Waals surface area contributed by atoms with Crippen LogP contribution in [0.1, 0.15) is 44.9 Å². The van der Waals surface area contributed by atoms with Gasteiger partial charge in [0.05, 0.1) is 17.8 Å². The molecule has 120 valence electrons. The van der Waals surface area contributed by atoms with E-state index in [-0.39, 0.29) is 22.8 Å². The maximum atomic E-state index is 12.6. The van der Waals surface area contributed by atoms with Crippen molar-refractivity contribution >= 4 is 22.5 Å². The van der Waals surface area contributed by atoms with Gasteiger partial charge in [-0.2, -0.15) is 5.26 Å². The molecule has 1 amide bonds. The summed E-state index contributed by atoms with van der Waals surface area (Å²) in [5.74, 6) is 0.221. The topological polar surface area (TPSA) is 95.0 Å². The summed E-state index contributed by atoms with van der Waals surface area (Å²) in [7, 11) is 0. The Bertz CT molecular complexity index is 860. The van der Waals surface area contributed by atoms with Crippen LogP contribution in [0.5, 0.6) is 5.75 Å². The average molecular weight is 313 g/mol. The zero-order valence-corrected chi connectivity index (χ0v) is 13.6. The summed E-state index contributed by atoms with van der Waals surface area (Å²) in [5, 5.41) is 12.3. The lowest BCUT2D eigenvalue weighted by Crippen LogP contribution is -2.15. The fourth-order valence-corrected chi connectivity index (χ4v) is 2.44. The third-order valence-corrected chi connectivity index (χ3v) is 3.43. The molecule has 0 saturated carbocycles. The lowest BCUT2D eigenvalue weighted by molar-refractivity contribution is -0.114. The Morgan fingerprint density at radius 3 is 2.65 bits per heavy atom. The number of ether oxygens (including phenoxy) is 1. The Kier molecular flexibility index (Phi) is 4.70. The van der Waals surface area contributed by atoms with Crippen LogP contribution in [-0.4, -0.2) is 17.5 Å². The zero-order valence-electron chi connectivity index (χ0n) is 13.6. The van der Waals surface area contributed by atoms with Gasteiger partial charge in [0, 0.05) is 24.1 Å². The molecule has 2 rings (SSSR count). The van der Waals surface area contributed by atoms with Gasteiger partial charge in [-0.15, -0.1) is 0 Å². The molecule has 0 spiro atoms. The van der Waals surface area contributed by atoms with Crippen molar-refractivity contribution in [3.05, 3.63) is 33.6 Å². The summed E-state index contributed by atoms with van der Waals surface area (Å²) < 4.78 is 5.54. The summed E-state index contributed by atoms with van der Waals surface area (Å²) in [4.78, 5) is 27.1. The first kappa shape index (κ1) is 16.6. The van der Waals surface area contributed by atoms with Crippen LogP contribution >= 0.6 is 0 Å². The SMILES string of the molecule is CCOc1cc2[nH]c(C(C)C)c(C#N)c(=O)c2cc1NC(C)=O. The lowest BCUT2D eigenvalue weighted by atomic mass is 10.0. The number of hydrogen-bond acceptors (Lipinski definition) is 4. The predicted octanol–water partition coefficient (Wildman–Crippen LogP) is 2.88. The van der Waals surface area contributed by atoms with E-state index in [1.807, 2.05) is 26.8 Å². The van der Waals surface area contributed by atoms with Crippen LogP contribution in [0, 0.1) is 11.3 Å². The van der Waals surface area contributed by atoms with Gasteiger partial charge in [-0.25, -0.2) is 0 Å². The second-order valence-electron chi connectivity index (χ2n) is 5.52. The van der Waals surface area contributed by atoms with Gasteiger partial charge >= 0.3 is 0 Å². The number of amides is 1. The molecule has 0 bridgehead atoms. The van der Waals surface area contributed by atoms with Crippen LogP contribution in [-0.2, 0) is 4.79 Å². The molecule has 0 radical (unpaired) electrons. The highest BCUT2D eigenvalue weighted by Gasteiger charge is 2.17. The highest BCUT2D eigenvalue weighted by atomic mass is 16.5. The predicted molar refractivity (Wildman–Crippen MR) is 88.8 cm³/mol. The molecule has 1 aromatic carbocycles. The van der Waals surface area contributed by atoms with E-state index in [0.717, 1.165) is 0 Å². The number of aromatic nitrogens is 1. The number of fused-ring (bicyclic) bond motifs is 1. The standard InChI is InChI=1S/C17H19N3O3/c1-5-23-15-7-13-11(6-14(15)19-10(4)21)17(22)12(8-18)16(20-13)9(2)3/h6-7,9H,5H2,1-4H3,(H,19,21)(H,20,22). The van der Waals surface area contributed by atoms with E-state index in [2.05, 4.69) is 10.3 Å². The third kappa shape index (κ3) is 3.19. The fraction of sp³-hybridized carbons (Fsp3) is 0.353. The van der Waals surface area contributed by atoms with Gasteiger partial charge in [0.2, 0.25) is 11.3 Å². The van der Waals surface area contributed by atoms with Crippen LogP contribution in [0.3, 0.4) is 0 Å². The molecule has 0 aliphatic heterocycles. The molecule has 6 nitrogen and oxygen atoms in total. The van der Waals surface area contributed by atoms with Gasteiger partial charge in [0.25, 0.3) is 0 Å². The highest BCUT2D eigenvalue weighted by molar-refractivity contribution is 5.95. The summed E-state index contributed by atoms with van der Waals surface area (Å²) >= 11 is 0. The summed E-state index contributed by atoms with van der Waals surface area (Å²) in [5.41, 5.74) is 1.35. The Balaban J connectivity index is 2.82. The van der Waals surface area contributed by atoms with Crippen molar-refractivity contribution in [1.29, 1.82) is 5.26 Å². The summed E-state index contributed by atoms with van der Waals surface area (Å²) in [6, 6.07) is 5.20. The van der Waals surface area contributed by atoms with Gasteiger partial charge in [-0.3, -0.25) is 9.59 Å². The Hall–Kier alpha value is -2.81. The molecule has 6 heteroatoms. The molecule has 0 aliphatic carbocycles. The first-order chi connectivity index (χ1) is 10.9. The number of H-pyrrole nitrogens is 1. The first-order valence-corrected chi connectivity index (χ1v) is 7.43. The highest BCUT2D eigenvalue weighted by Crippen LogP contribution is 2.30. The molecule has 23 heavy (non-hydrogen) atoms. The maximum Gasteiger partial charge on any atom is 0.221 e. The normalized spacial score (nSPS) is 10.6. The molecular formula is C17H19N3O3. The lowest BCUT2D eigenvalue weighted by Gasteiger charge is -2.14. The van der Waals surface area contributed by atoms with Gasteiger partial charge in [-0.05, 0) is 18.9 Å². The molecule has 0 atom stereocenters. The van der Waals surface area contributed by atoms with Crippen LogP contribution in [0.15, 0.2) is 16.9 Å². The number of aromatic amines is 1. The number of nitrogens with one attached hydrogen (secondary N) is 2. The number of nitrogens with zero attached hydrogens (tertiary/aromatic N) is 1. The van der Waals surface area contributed by atoms with E-state index in [4.69, 9.17) is 4.74 Å². The van der Waals surface area contributed by atoms with Gasteiger partial charge in [0.1, 0.15) is 17.4 Å². The molecule has 1 aromatic heterocycles. The van der Waals surface area contributed by atoms with Crippen LogP contribution in [0.2, 0.25) is 0 Å². The number of carbonyl (C=O) groups excluding carboxylic acids is 1. The maximum absolute atomic E-state index is 12.6. The van der Waals surface area contributed by atoms with E-state index in [0.29, 0.717) is 34.6 Å². The molecule has 0 saturated heterocycles. The van der Waals surface area contributed by atoms with Crippen LogP contribution in [0.25, 0.3) is 10.9 Å². The molecule has 0 unspecified atom stereocenters. The van der Waals surface area contributed by atoms with Gasteiger partial charge < -0.3 is 15.0 Å². The van der Waals surface area contributed by atoms with Crippen molar-refractivity contribution in [3.8, 4) is 11.8 Å². The summed E-state index contributed by atoms with van der Waals surface area (Å²) in [6.07, 6.45) is 0. The quantitative estimate of drug-likeness (QED) is 0.907.